The summed E-state index contributed by atoms with van der Waals surface area (Å²) in [5.74, 6) is 1.69. The number of hydrogen-bond donors (Lipinski definition) is 1. The van der Waals surface area contributed by atoms with E-state index in [0.717, 1.165) is 24.5 Å². The molecule has 0 saturated carbocycles. The van der Waals surface area contributed by atoms with Gasteiger partial charge in [-0.15, -0.1) is 0 Å². The summed E-state index contributed by atoms with van der Waals surface area (Å²) in [5.41, 5.74) is 7.50. The molecule has 1 unspecified atom stereocenters. The highest BCUT2D eigenvalue weighted by atomic mass is 16.7. The van der Waals surface area contributed by atoms with Crippen LogP contribution in [0.5, 0.6) is 11.5 Å². The Morgan fingerprint density at radius 1 is 1.11 bits per heavy atom. The van der Waals surface area contributed by atoms with Crippen LogP contribution in [-0.4, -0.2) is 37.4 Å². The quantitative estimate of drug-likeness (QED) is 0.898. The molecule has 0 aliphatic carbocycles. The molecule has 4 nitrogen and oxygen atoms in total. The molecule has 1 atom stereocenters. The molecular formula is C15H22N2O2. The van der Waals surface area contributed by atoms with Gasteiger partial charge in [0.1, 0.15) is 0 Å². The highest BCUT2D eigenvalue weighted by Crippen LogP contribution is 2.32. The first-order valence-corrected chi connectivity index (χ1v) is 7.18. The van der Waals surface area contributed by atoms with Gasteiger partial charge in [0.15, 0.2) is 11.5 Å². The summed E-state index contributed by atoms with van der Waals surface area (Å²) in [6.45, 7) is 3.73. The van der Waals surface area contributed by atoms with Crippen molar-refractivity contribution in [3.63, 3.8) is 0 Å². The summed E-state index contributed by atoms with van der Waals surface area (Å²) in [6, 6.07) is 6.31. The van der Waals surface area contributed by atoms with Crippen LogP contribution in [0.15, 0.2) is 18.2 Å². The van der Waals surface area contributed by atoms with Gasteiger partial charge in [0.2, 0.25) is 6.79 Å². The van der Waals surface area contributed by atoms with E-state index in [0.29, 0.717) is 6.79 Å². The normalized spacial score (nSPS) is 20.5. The lowest BCUT2D eigenvalue weighted by atomic mass is 10.0. The number of nitrogens with zero attached hydrogens (tertiary/aromatic N) is 1. The van der Waals surface area contributed by atoms with Gasteiger partial charge in [-0.3, -0.25) is 0 Å². The highest BCUT2D eigenvalue weighted by Gasteiger charge is 2.16. The number of ether oxygens (including phenoxy) is 2. The third kappa shape index (κ3) is 3.19. The minimum atomic E-state index is 0.193. The monoisotopic (exact) mass is 262 g/mol. The molecule has 0 aromatic heterocycles. The summed E-state index contributed by atoms with van der Waals surface area (Å²) in [6.07, 6.45) is 4.90. The fraction of sp³-hybridized carbons (Fsp3) is 0.600. The van der Waals surface area contributed by atoms with E-state index in [9.17, 15) is 0 Å². The Kier molecular flexibility index (Phi) is 3.89. The van der Waals surface area contributed by atoms with E-state index in [1.54, 1.807) is 0 Å². The maximum Gasteiger partial charge on any atom is 0.231 e. The van der Waals surface area contributed by atoms with Gasteiger partial charge in [-0.2, -0.15) is 0 Å². The Morgan fingerprint density at radius 3 is 2.74 bits per heavy atom. The van der Waals surface area contributed by atoms with Gasteiger partial charge in [-0.05, 0) is 50.0 Å². The second-order valence-electron chi connectivity index (χ2n) is 5.51. The van der Waals surface area contributed by atoms with E-state index in [1.165, 1.54) is 37.9 Å². The molecule has 1 aromatic carbocycles. The second-order valence-corrected chi connectivity index (χ2v) is 5.51. The zero-order chi connectivity index (χ0) is 13.1. The van der Waals surface area contributed by atoms with Crippen molar-refractivity contribution in [1.29, 1.82) is 0 Å². The van der Waals surface area contributed by atoms with Crippen LogP contribution >= 0.6 is 0 Å². The van der Waals surface area contributed by atoms with Crippen LogP contribution in [0, 0.1) is 0 Å². The average molecular weight is 262 g/mol. The number of nitrogens with two attached hydrogens (primary N) is 1. The van der Waals surface area contributed by atoms with E-state index < -0.39 is 0 Å². The molecule has 2 heterocycles. The Balaban J connectivity index is 1.55. The van der Waals surface area contributed by atoms with Crippen molar-refractivity contribution < 1.29 is 9.47 Å². The molecule has 0 amide bonds. The van der Waals surface area contributed by atoms with Gasteiger partial charge < -0.3 is 20.1 Å². The first-order valence-electron chi connectivity index (χ1n) is 7.18. The van der Waals surface area contributed by atoms with Gasteiger partial charge in [0.25, 0.3) is 0 Å². The summed E-state index contributed by atoms with van der Waals surface area (Å²) >= 11 is 0. The third-order valence-electron chi connectivity index (χ3n) is 3.88. The molecule has 1 aromatic rings. The molecule has 2 N–H and O–H groups in total. The molecular weight excluding hydrogens is 240 g/mol. The van der Waals surface area contributed by atoms with Crippen molar-refractivity contribution >= 4 is 0 Å². The third-order valence-corrected chi connectivity index (χ3v) is 3.88. The van der Waals surface area contributed by atoms with E-state index in [2.05, 4.69) is 17.0 Å². The number of benzene rings is 1. The van der Waals surface area contributed by atoms with E-state index in [4.69, 9.17) is 15.2 Å². The number of rotatable bonds is 4. The zero-order valence-corrected chi connectivity index (χ0v) is 11.3. The molecule has 0 bridgehead atoms. The van der Waals surface area contributed by atoms with E-state index >= 15 is 0 Å². The van der Waals surface area contributed by atoms with Gasteiger partial charge in [-0.25, -0.2) is 0 Å². The molecule has 2 aliphatic rings. The van der Waals surface area contributed by atoms with E-state index in [1.807, 2.05) is 6.07 Å². The van der Waals surface area contributed by atoms with Gasteiger partial charge in [-0.1, -0.05) is 12.5 Å². The Hall–Kier alpha value is -1.26. The van der Waals surface area contributed by atoms with Crippen molar-refractivity contribution in [1.82, 2.24) is 4.90 Å². The van der Waals surface area contributed by atoms with Crippen LogP contribution in [0.25, 0.3) is 0 Å². The predicted octanol–water partition coefficient (Wildman–Crippen LogP) is 1.77. The molecule has 19 heavy (non-hydrogen) atoms. The van der Waals surface area contributed by atoms with Crippen molar-refractivity contribution in [3.05, 3.63) is 23.8 Å². The molecule has 1 saturated heterocycles. The highest BCUT2D eigenvalue weighted by molar-refractivity contribution is 5.44. The Morgan fingerprint density at radius 2 is 1.89 bits per heavy atom. The fourth-order valence-corrected chi connectivity index (χ4v) is 2.91. The maximum absolute atomic E-state index is 6.27. The average Bonchev–Trinajstić information content (AvgIpc) is 2.87. The Labute approximate surface area is 114 Å². The minimum absolute atomic E-state index is 0.193. The first-order chi connectivity index (χ1) is 9.31. The lowest BCUT2D eigenvalue weighted by molar-refractivity contribution is 0.174. The van der Waals surface area contributed by atoms with Crippen LogP contribution < -0.4 is 15.2 Å². The fourth-order valence-electron chi connectivity index (χ4n) is 2.91. The van der Waals surface area contributed by atoms with Crippen LogP contribution in [0.1, 0.15) is 24.8 Å². The molecule has 104 valence electrons. The zero-order valence-electron chi connectivity index (χ0n) is 11.3. The summed E-state index contributed by atoms with van der Waals surface area (Å²) in [5, 5.41) is 0. The standard InChI is InChI=1S/C15H22N2O2/c16-13(10-17-6-2-1-3-7-17)8-12-4-5-14-15(9-12)19-11-18-14/h4-5,9,13H,1-3,6-8,10-11,16H2. The summed E-state index contributed by atoms with van der Waals surface area (Å²) in [4.78, 5) is 2.49. The smallest absolute Gasteiger partial charge is 0.231 e. The van der Waals surface area contributed by atoms with Crippen LogP contribution in [-0.2, 0) is 6.42 Å². The van der Waals surface area contributed by atoms with Crippen molar-refractivity contribution in [2.24, 2.45) is 5.73 Å². The van der Waals surface area contributed by atoms with E-state index in [-0.39, 0.29) is 6.04 Å². The predicted molar refractivity (Wildman–Crippen MR) is 74.5 cm³/mol. The number of fused-ring (bicyclic) bond motifs is 1. The molecule has 4 heteroatoms. The minimum Gasteiger partial charge on any atom is -0.454 e. The molecule has 0 spiro atoms. The lowest BCUT2D eigenvalue weighted by Crippen LogP contribution is -2.41. The summed E-state index contributed by atoms with van der Waals surface area (Å²) < 4.78 is 10.7. The molecule has 3 rings (SSSR count). The van der Waals surface area contributed by atoms with Crippen LogP contribution in [0.2, 0.25) is 0 Å². The topological polar surface area (TPSA) is 47.7 Å². The van der Waals surface area contributed by atoms with Gasteiger partial charge in [0.05, 0.1) is 0 Å². The molecule has 2 aliphatic heterocycles. The Bertz CT molecular complexity index is 430. The second kappa shape index (κ2) is 5.80. The molecule has 1 fully saturated rings. The lowest BCUT2D eigenvalue weighted by Gasteiger charge is -2.29. The van der Waals surface area contributed by atoms with Crippen molar-refractivity contribution in [2.45, 2.75) is 31.7 Å². The maximum atomic E-state index is 6.27. The SMILES string of the molecule is NC(Cc1ccc2c(c1)OCO2)CN1CCCCC1. The summed E-state index contributed by atoms with van der Waals surface area (Å²) in [7, 11) is 0. The van der Waals surface area contributed by atoms with Crippen molar-refractivity contribution in [3.8, 4) is 11.5 Å². The van der Waals surface area contributed by atoms with Gasteiger partial charge in [0, 0.05) is 12.6 Å². The first kappa shape index (κ1) is 12.8. The van der Waals surface area contributed by atoms with Crippen LogP contribution in [0.4, 0.5) is 0 Å². The van der Waals surface area contributed by atoms with Crippen LogP contribution in [0.3, 0.4) is 0 Å². The van der Waals surface area contributed by atoms with Gasteiger partial charge >= 0.3 is 0 Å². The number of likely N-dealkylation sites (tertiary alicyclic amines) is 1. The number of piperidine rings is 1. The molecule has 0 radical (unpaired) electrons. The largest absolute Gasteiger partial charge is 0.454 e. The van der Waals surface area contributed by atoms with Crippen molar-refractivity contribution in [2.75, 3.05) is 26.4 Å². The number of hydrogen-bond acceptors (Lipinski definition) is 4.